The van der Waals surface area contributed by atoms with Gasteiger partial charge in [0, 0.05) is 35.4 Å². The van der Waals surface area contributed by atoms with Crippen molar-refractivity contribution >= 4 is 34.9 Å². The summed E-state index contributed by atoms with van der Waals surface area (Å²) in [5, 5.41) is 3.08. The SMILES string of the molecule is Cc1ccccc1C(=O)Nc1ccc(C(=O)N2CCC(F)(F)C3(CC3)c3cc(Cl)ccc32)cn1. The highest BCUT2D eigenvalue weighted by Crippen LogP contribution is 2.63. The number of hydrogen-bond donors (Lipinski definition) is 1. The number of aryl methyl sites for hydroxylation is 1. The summed E-state index contributed by atoms with van der Waals surface area (Å²) in [4.78, 5) is 31.5. The fourth-order valence-corrected chi connectivity index (χ4v) is 4.84. The number of halogens is 3. The van der Waals surface area contributed by atoms with E-state index in [4.69, 9.17) is 11.6 Å². The lowest BCUT2D eigenvalue weighted by atomic mass is 9.87. The molecule has 1 saturated carbocycles. The number of carbonyl (C=O) groups is 2. The molecule has 3 aromatic rings. The molecule has 1 aromatic heterocycles. The smallest absolute Gasteiger partial charge is 0.259 e. The van der Waals surface area contributed by atoms with Crippen LogP contribution in [0.2, 0.25) is 5.02 Å². The second-order valence-corrected chi connectivity index (χ2v) is 9.29. The lowest BCUT2D eigenvalue weighted by Crippen LogP contribution is -2.35. The van der Waals surface area contributed by atoms with Crippen molar-refractivity contribution in [2.75, 3.05) is 16.8 Å². The summed E-state index contributed by atoms with van der Waals surface area (Å²) >= 11 is 6.14. The summed E-state index contributed by atoms with van der Waals surface area (Å²) in [5.74, 6) is -3.37. The first-order chi connectivity index (χ1) is 16.2. The van der Waals surface area contributed by atoms with Crippen LogP contribution in [0.5, 0.6) is 0 Å². The average molecular weight is 482 g/mol. The molecule has 2 aromatic carbocycles. The molecule has 1 aliphatic carbocycles. The van der Waals surface area contributed by atoms with Crippen LogP contribution >= 0.6 is 11.6 Å². The van der Waals surface area contributed by atoms with Crippen molar-refractivity contribution in [1.29, 1.82) is 0 Å². The Morgan fingerprint density at radius 1 is 1.06 bits per heavy atom. The fraction of sp³-hybridized carbons (Fsp3) is 0.269. The van der Waals surface area contributed by atoms with E-state index in [9.17, 15) is 9.59 Å². The molecule has 1 fully saturated rings. The Morgan fingerprint density at radius 3 is 2.50 bits per heavy atom. The maximum atomic E-state index is 15.1. The quantitative estimate of drug-likeness (QED) is 0.498. The van der Waals surface area contributed by atoms with Crippen molar-refractivity contribution < 1.29 is 18.4 Å². The summed E-state index contributed by atoms with van der Waals surface area (Å²) in [5.41, 5.74) is 1.22. The molecular formula is C26H22ClF2N3O2. The Balaban J connectivity index is 1.41. The molecular weight excluding hydrogens is 460 g/mol. The van der Waals surface area contributed by atoms with Crippen molar-refractivity contribution in [3.63, 3.8) is 0 Å². The number of fused-ring (bicyclic) bond motifs is 2. The lowest BCUT2D eigenvalue weighted by molar-refractivity contribution is -0.0428. The average Bonchev–Trinajstić information content (AvgIpc) is 3.63. The van der Waals surface area contributed by atoms with E-state index < -0.39 is 23.7 Å². The molecule has 34 heavy (non-hydrogen) atoms. The highest BCUT2D eigenvalue weighted by molar-refractivity contribution is 6.30. The summed E-state index contributed by atoms with van der Waals surface area (Å²) in [6.07, 6.45) is 1.66. The standard InChI is InChI=1S/C26H22ClF2N3O2/c1-16-4-2-3-5-19(16)23(33)31-22-9-6-17(15-30-22)24(34)32-13-12-26(28,29)25(10-11-25)20-14-18(27)7-8-21(20)32/h2-9,14-15H,10-13H2,1H3,(H,30,31,33). The van der Waals surface area contributed by atoms with Crippen LogP contribution < -0.4 is 10.2 Å². The van der Waals surface area contributed by atoms with Crippen LogP contribution in [0, 0.1) is 6.92 Å². The maximum Gasteiger partial charge on any atom is 0.259 e. The minimum atomic E-state index is -2.93. The zero-order chi connectivity index (χ0) is 24.1. The third-order valence-corrected chi connectivity index (χ3v) is 6.99. The summed E-state index contributed by atoms with van der Waals surface area (Å²) in [6.45, 7) is 1.72. The van der Waals surface area contributed by atoms with Crippen molar-refractivity contribution in [1.82, 2.24) is 4.98 Å². The van der Waals surface area contributed by atoms with Gasteiger partial charge in [-0.1, -0.05) is 29.8 Å². The van der Waals surface area contributed by atoms with E-state index in [2.05, 4.69) is 10.3 Å². The van der Waals surface area contributed by atoms with Gasteiger partial charge in [0.25, 0.3) is 17.7 Å². The number of aromatic nitrogens is 1. The fourth-order valence-electron chi connectivity index (χ4n) is 4.67. The van der Waals surface area contributed by atoms with E-state index in [1.807, 2.05) is 19.1 Å². The predicted molar refractivity (Wildman–Crippen MR) is 127 cm³/mol. The predicted octanol–water partition coefficient (Wildman–Crippen LogP) is 6.01. The number of rotatable bonds is 3. The number of carbonyl (C=O) groups excluding carboxylic acids is 2. The third-order valence-electron chi connectivity index (χ3n) is 6.75. The van der Waals surface area contributed by atoms with Gasteiger partial charge >= 0.3 is 0 Å². The van der Waals surface area contributed by atoms with Crippen molar-refractivity contribution in [2.24, 2.45) is 0 Å². The third kappa shape index (κ3) is 3.74. The molecule has 8 heteroatoms. The van der Waals surface area contributed by atoms with Gasteiger partial charge in [0.1, 0.15) is 5.82 Å². The first-order valence-electron chi connectivity index (χ1n) is 11.0. The minimum absolute atomic E-state index is 0.117. The van der Waals surface area contributed by atoms with Gasteiger partial charge in [-0.15, -0.1) is 0 Å². The first-order valence-corrected chi connectivity index (χ1v) is 11.4. The molecule has 2 amide bonds. The van der Waals surface area contributed by atoms with Crippen LogP contribution in [-0.2, 0) is 5.41 Å². The summed E-state index contributed by atoms with van der Waals surface area (Å²) in [7, 11) is 0. The molecule has 0 bridgehead atoms. The van der Waals surface area contributed by atoms with E-state index in [0.717, 1.165) is 5.56 Å². The number of hydrogen-bond acceptors (Lipinski definition) is 3. The molecule has 0 unspecified atom stereocenters. The Labute approximate surface area is 200 Å². The topological polar surface area (TPSA) is 62.3 Å². The van der Waals surface area contributed by atoms with Crippen LogP contribution in [0.3, 0.4) is 0 Å². The number of pyridine rings is 1. The normalized spacial score (nSPS) is 17.6. The van der Waals surface area contributed by atoms with Gasteiger partial charge in [0.05, 0.1) is 11.0 Å². The van der Waals surface area contributed by atoms with Gasteiger partial charge in [-0.05, 0) is 67.3 Å². The molecule has 2 heterocycles. The number of amides is 2. The molecule has 1 spiro atoms. The largest absolute Gasteiger partial charge is 0.308 e. The second kappa shape index (κ2) is 8.17. The summed E-state index contributed by atoms with van der Waals surface area (Å²) in [6, 6.07) is 15.1. The molecule has 5 nitrogen and oxygen atoms in total. The zero-order valence-electron chi connectivity index (χ0n) is 18.4. The number of alkyl halides is 2. The van der Waals surface area contributed by atoms with E-state index in [1.54, 1.807) is 30.3 Å². The Morgan fingerprint density at radius 2 is 1.82 bits per heavy atom. The highest BCUT2D eigenvalue weighted by atomic mass is 35.5. The van der Waals surface area contributed by atoms with Crippen molar-refractivity contribution in [2.45, 2.75) is 37.5 Å². The Bertz CT molecular complexity index is 1290. The molecule has 2 aliphatic rings. The first kappa shape index (κ1) is 22.5. The van der Waals surface area contributed by atoms with E-state index in [0.29, 0.717) is 34.7 Å². The molecule has 0 radical (unpaired) electrons. The Kier molecular flexibility index (Phi) is 5.40. The Hall–Kier alpha value is -3.32. The molecule has 1 N–H and O–H groups in total. The number of anilines is 2. The molecule has 0 saturated heterocycles. The summed E-state index contributed by atoms with van der Waals surface area (Å²) < 4.78 is 30.1. The van der Waals surface area contributed by atoms with E-state index in [-0.39, 0.29) is 23.8 Å². The molecule has 1 aliphatic heterocycles. The van der Waals surface area contributed by atoms with Crippen LogP contribution in [0.4, 0.5) is 20.3 Å². The zero-order valence-corrected chi connectivity index (χ0v) is 19.2. The van der Waals surface area contributed by atoms with Crippen molar-refractivity contribution in [3.05, 3.63) is 88.1 Å². The minimum Gasteiger partial charge on any atom is -0.308 e. The van der Waals surface area contributed by atoms with Crippen LogP contribution in [0.1, 0.15) is 51.1 Å². The lowest BCUT2D eigenvalue weighted by Gasteiger charge is -2.26. The van der Waals surface area contributed by atoms with Gasteiger partial charge in [-0.2, -0.15) is 0 Å². The maximum absolute atomic E-state index is 15.1. The van der Waals surface area contributed by atoms with Gasteiger partial charge in [0.15, 0.2) is 0 Å². The van der Waals surface area contributed by atoms with E-state index in [1.165, 1.54) is 23.2 Å². The van der Waals surface area contributed by atoms with Crippen LogP contribution in [0.15, 0.2) is 60.8 Å². The number of nitrogens with zero attached hydrogens (tertiary/aromatic N) is 2. The monoisotopic (exact) mass is 481 g/mol. The number of nitrogens with one attached hydrogen (secondary N) is 1. The second-order valence-electron chi connectivity index (χ2n) is 8.86. The van der Waals surface area contributed by atoms with Crippen LogP contribution in [0.25, 0.3) is 0 Å². The van der Waals surface area contributed by atoms with Gasteiger partial charge in [-0.25, -0.2) is 13.8 Å². The van der Waals surface area contributed by atoms with Crippen molar-refractivity contribution in [3.8, 4) is 0 Å². The van der Waals surface area contributed by atoms with E-state index >= 15 is 8.78 Å². The highest BCUT2D eigenvalue weighted by Gasteiger charge is 2.64. The van der Waals surface area contributed by atoms with Gasteiger partial charge in [-0.3, -0.25) is 9.59 Å². The molecule has 174 valence electrons. The van der Waals surface area contributed by atoms with Crippen LogP contribution in [-0.4, -0.2) is 29.3 Å². The number of benzene rings is 2. The molecule has 5 rings (SSSR count). The molecule has 0 atom stereocenters. The van der Waals surface area contributed by atoms with Gasteiger partial charge < -0.3 is 10.2 Å². The van der Waals surface area contributed by atoms with Gasteiger partial charge in [0.2, 0.25) is 0 Å².